The van der Waals surface area contributed by atoms with E-state index in [4.69, 9.17) is 4.74 Å². The monoisotopic (exact) mass is 283 g/mol. The van der Waals surface area contributed by atoms with Gasteiger partial charge in [-0.05, 0) is 0 Å². The Labute approximate surface area is 116 Å². The van der Waals surface area contributed by atoms with Crippen LogP contribution in [0.5, 0.6) is 5.88 Å². The topological polar surface area (TPSA) is 110 Å². The molecule has 2 N–H and O–H groups in total. The standard InChI is InChI=1S/C11H17N5O4/c1-15(2)11(17)13-7-6-12-10-8(16(18)19)4-5-9(14-10)20-3/h4-5H,6-7H2,1-3H3,(H,12,14)(H,13,17). The van der Waals surface area contributed by atoms with Crippen LogP contribution in [0.15, 0.2) is 12.1 Å². The van der Waals surface area contributed by atoms with Crippen molar-refractivity contribution in [2.75, 3.05) is 39.6 Å². The first-order valence-electron chi connectivity index (χ1n) is 5.84. The third-order valence-corrected chi connectivity index (χ3v) is 2.35. The normalized spacial score (nSPS) is 9.75. The molecule has 1 rings (SSSR count). The number of urea groups is 1. The summed E-state index contributed by atoms with van der Waals surface area (Å²) in [6.45, 7) is 0.619. The number of carbonyl (C=O) groups is 1. The van der Waals surface area contributed by atoms with E-state index in [1.165, 1.54) is 24.1 Å². The molecule has 0 spiro atoms. The number of methoxy groups -OCH3 is 1. The van der Waals surface area contributed by atoms with Crippen LogP contribution in [0.1, 0.15) is 0 Å². The lowest BCUT2D eigenvalue weighted by Gasteiger charge is -2.12. The first-order valence-corrected chi connectivity index (χ1v) is 5.84. The molecule has 1 aromatic rings. The number of hydrogen-bond donors (Lipinski definition) is 2. The summed E-state index contributed by atoms with van der Waals surface area (Å²) >= 11 is 0. The van der Waals surface area contributed by atoms with Crippen molar-refractivity contribution in [3.8, 4) is 5.88 Å². The molecule has 0 saturated heterocycles. The lowest BCUT2D eigenvalue weighted by atomic mass is 10.4. The zero-order chi connectivity index (χ0) is 15.1. The van der Waals surface area contributed by atoms with Gasteiger partial charge in [-0.25, -0.2) is 4.79 Å². The summed E-state index contributed by atoms with van der Waals surface area (Å²) in [5.41, 5.74) is -0.148. The number of nitro groups is 1. The Bertz CT molecular complexity index is 492. The molecule has 0 bridgehead atoms. The zero-order valence-electron chi connectivity index (χ0n) is 11.5. The van der Waals surface area contributed by atoms with Gasteiger partial charge in [-0.1, -0.05) is 0 Å². The van der Waals surface area contributed by atoms with Crippen molar-refractivity contribution in [2.24, 2.45) is 0 Å². The molecule has 0 aromatic carbocycles. The highest BCUT2D eigenvalue weighted by molar-refractivity contribution is 5.73. The van der Waals surface area contributed by atoms with E-state index in [0.717, 1.165) is 0 Å². The highest BCUT2D eigenvalue weighted by Crippen LogP contribution is 2.24. The van der Waals surface area contributed by atoms with E-state index >= 15 is 0 Å². The average Bonchev–Trinajstić information content (AvgIpc) is 2.42. The lowest BCUT2D eigenvalue weighted by molar-refractivity contribution is -0.384. The average molecular weight is 283 g/mol. The molecule has 0 radical (unpaired) electrons. The van der Waals surface area contributed by atoms with Crippen LogP contribution in [0.3, 0.4) is 0 Å². The molecule has 2 amide bonds. The molecule has 9 nitrogen and oxygen atoms in total. The van der Waals surface area contributed by atoms with Crippen LogP contribution in [0, 0.1) is 10.1 Å². The van der Waals surface area contributed by atoms with Gasteiger partial charge >= 0.3 is 11.7 Å². The second-order valence-corrected chi connectivity index (χ2v) is 4.03. The van der Waals surface area contributed by atoms with Crippen molar-refractivity contribution < 1.29 is 14.5 Å². The van der Waals surface area contributed by atoms with Crippen molar-refractivity contribution >= 4 is 17.5 Å². The molecule has 1 heterocycles. The van der Waals surface area contributed by atoms with Crippen molar-refractivity contribution in [2.45, 2.75) is 0 Å². The summed E-state index contributed by atoms with van der Waals surface area (Å²) in [6.07, 6.45) is 0. The molecule has 0 saturated carbocycles. The third-order valence-electron chi connectivity index (χ3n) is 2.35. The number of aromatic nitrogens is 1. The number of rotatable bonds is 6. The van der Waals surface area contributed by atoms with Crippen LogP contribution in [0.4, 0.5) is 16.3 Å². The second kappa shape index (κ2) is 7.12. The van der Waals surface area contributed by atoms with Crippen LogP contribution >= 0.6 is 0 Å². The maximum absolute atomic E-state index is 11.3. The Balaban J connectivity index is 2.62. The maximum atomic E-state index is 11.3. The van der Waals surface area contributed by atoms with E-state index in [0.29, 0.717) is 13.1 Å². The fourth-order valence-electron chi connectivity index (χ4n) is 1.33. The number of hydrogen-bond acceptors (Lipinski definition) is 6. The van der Waals surface area contributed by atoms with Crippen LogP contribution in [-0.2, 0) is 0 Å². The molecule has 0 atom stereocenters. The molecule has 20 heavy (non-hydrogen) atoms. The van der Waals surface area contributed by atoms with Gasteiger partial charge in [0.1, 0.15) is 0 Å². The Morgan fingerprint density at radius 3 is 2.70 bits per heavy atom. The smallest absolute Gasteiger partial charge is 0.316 e. The summed E-state index contributed by atoms with van der Waals surface area (Å²) in [5, 5.41) is 16.3. The molecule has 0 aliphatic heterocycles. The Morgan fingerprint density at radius 2 is 2.15 bits per heavy atom. The van der Waals surface area contributed by atoms with Gasteiger partial charge in [-0.2, -0.15) is 4.98 Å². The van der Waals surface area contributed by atoms with Crippen LogP contribution in [-0.4, -0.2) is 55.1 Å². The number of nitrogens with zero attached hydrogens (tertiary/aromatic N) is 3. The van der Waals surface area contributed by atoms with Crippen LogP contribution in [0.2, 0.25) is 0 Å². The summed E-state index contributed by atoms with van der Waals surface area (Å²) in [4.78, 5) is 27.0. The lowest BCUT2D eigenvalue weighted by Crippen LogP contribution is -2.37. The van der Waals surface area contributed by atoms with Crippen molar-refractivity contribution in [1.82, 2.24) is 15.2 Å². The van der Waals surface area contributed by atoms with Gasteiger partial charge < -0.3 is 20.3 Å². The van der Waals surface area contributed by atoms with Gasteiger partial charge in [0.2, 0.25) is 11.7 Å². The van der Waals surface area contributed by atoms with E-state index in [-0.39, 0.29) is 23.4 Å². The zero-order valence-corrected chi connectivity index (χ0v) is 11.5. The second-order valence-electron chi connectivity index (χ2n) is 4.03. The fourth-order valence-corrected chi connectivity index (χ4v) is 1.33. The van der Waals surface area contributed by atoms with E-state index in [1.807, 2.05) is 0 Å². The van der Waals surface area contributed by atoms with Crippen LogP contribution < -0.4 is 15.4 Å². The molecule has 1 aromatic heterocycles. The summed E-state index contributed by atoms with van der Waals surface area (Å²) in [6, 6.07) is 2.49. The minimum absolute atomic E-state index is 0.105. The number of anilines is 1. The minimum Gasteiger partial charge on any atom is -0.481 e. The minimum atomic E-state index is -0.535. The van der Waals surface area contributed by atoms with Gasteiger partial charge in [0, 0.05) is 39.3 Å². The fraction of sp³-hybridized carbons (Fsp3) is 0.455. The molecular formula is C11H17N5O4. The van der Waals surface area contributed by atoms with E-state index in [2.05, 4.69) is 15.6 Å². The van der Waals surface area contributed by atoms with E-state index in [9.17, 15) is 14.9 Å². The maximum Gasteiger partial charge on any atom is 0.316 e. The van der Waals surface area contributed by atoms with E-state index in [1.54, 1.807) is 14.1 Å². The molecule has 0 aliphatic rings. The largest absolute Gasteiger partial charge is 0.481 e. The van der Waals surface area contributed by atoms with Gasteiger partial charge in [-0.3, -0.25) is 10.1 Å². The first kappa shape index (κ1) is 15.5. The predicted octanol–water partition coefficient (Wildman–Crippen LogP) is 0.681. The Hall–Kier alpha value is -2.58. The molecule has 110 valence electrons. The van der Waals surface area contributed by atoms with Crippen molar-refractivity contribution in [3.63, 3.8) is 0 Å². The number of pyridine rings is 1. The molecule has 9 heteroatoms. The molecule has 0 fully saturated rings. The van der Waals surface area contributed by atoms with Gasteiger partial charge in [-0.15, -0.1) is 0 Å². The Morgan fingerprint density at radius 1 is 1.45 bits per heavy atom. The highest BCUT2D eigenvalue weighted by Gasteiger charge is 2.16. The van der Waals surface area contributed by atoms with Crippen LogP contribution in [0.25, 0.3) is 0 Å². The SMILES string of the molecule is COc1ccc([N+](=O)[O-])c(NCCNC(=O)N(C)C)n1. The number of amides is 2. The first-order chi connectivity index (χ1) is 9.45. The highest BCUT2D eigenvalue weighted by atomic mass is 16.6. The Kier molecular flexibility index (Phi) is 5.51. The number of ether oxygens (including phenoxy) is 1. The number of carbonyl (C=O) groups excluding carboxylic acids is 1. The molecular weight excluding hydrogens is 266 g/mol. The molecule has 0 unspecified atom stereocenters. The summed E-state index contributed by atoms with van der Waals surface area (Å²) in [7, 11) is 4.67. The predicted molar refractivity (Wildman–Crippen MR) is 73.0 cm³/mol. The van der Waals surface area contributed by atoms with Gasteiger partial charge in [0.25, 0.3) is 0 Å². The summed E-state index contributed by atoms with van der Waals surface area (Å²) in [5.74, 6) is 0.379. The van der Waals surface area contributed by atoms with Crippen molar-refractivity contribution in [1.29, 1.82) is 0 Å². The van der Waals surface area contributed by atoms with Gasteiger partial charge in [0.05, 0.1) is 12.0 Å². The quantitative estimate of drug-likeness (QED) is 0.451. The van der Waals surface area contributed by atoms with Gasteiger partial charge in [0.15, 0.2) is 0 Å². The van der Waals surface area contributed by atoms with E-state index < -0.39 is 4.92 Å². The number of nitrogens with one attached hydrogen (secondary N) is 2. The third kappa shape index (κ3) is 4.26. The summed E-state index contributed by atoms with van der Waals surface area (Å²) < 4.78 is 4.92. The van der Waals surface area contributed by atoms with Crippen molar-refractivity contribution in [3.05, 3.63) is 22.2 Å². The molecule has 0 aliphatic carbocycles.